The maximum absolute atomic E-state index is 13.4. The number of nitrogens with one attached hydrogen (secondary N) is 1. The molecule has 0 aliphatic carbocycles. The third kappa shape index (κ3) is 4.50. The minimum absolute atomic E-state index is 0.239. The lowest BCUT2D eigenvalue weighted by Crippen LogP contribution is -2.39. The molecule has 0 radical (unpaired) electrons. The van der Waals surface area contributed by atoms with Crippen molar-refractivity contribution < 1.29 is 13.2 Å². The third-order valence-corrected chi connectivity index (χ3v) is 7.26. The van der Waals surface area contributed by atoms with E-state index in [1.54, 1.807) is 49.4 Å². The SMILES string of the molecule is Cc1ncc(C(=O)Nc2ccccc2)c(C2CCCCN2S(=O)(=O)c2ccccc2)n1. The summed E-state index contributed by atoms with van der Waals surface area (Å²) >= 11 is 0. The van der Waals surface area contributed by atoms with E-state index in [1.807, 2.05) is 18.2 Å². The van der Waals surface area contributed by atoms with Crippen LogP contribution in [0, 0.1) is 6.92 Å². The molecule has 0 bridgehead atoms. The van der Waals surface area contributed by atoms with Crippen molar-refractivity contribution in [2.24, 2.45) is 0 Å². The van der Waals surface area contributed by atoms with Gasteiger partial charge in [0.25, 0.3) is 5.91 Å². The zero-order valence-corrected chi connectivity index (χ0v) is 18.0. The van der Waals surface area contributed by atoms with Crippen LogP contribution in [0.2, 0.25) is 0 Å². The highest BCUT2D eigenvalue weighted by atomic mass is 32.2. The number of carbonyl (C=O) groups excluding carboxylic acids is 1. The van der Waals surface area contributed by atoms with Crippen LogP contribution in [0.1, 0.15) is 47.2 Å². The van der Waals surface area contributed by atoms with Crippen LogP contribution in [-0.4, -0.2) is 35.1 Å². The van der Waals surface area contributed by atoms with Crippen LogP contribution >= 0.6 is 0 Å². The number of aryl methyl sites for hydroxylation is 1. The highest BCUT2D eigenvalue weighted by Crippen LogP contribution is 2.36. The first kappa shape index (κ1) is 21.1. The lowest BCUT2D eigenvalue weighted by atomic mass is 9.98. The Labute approximate surface area is 182 Å². The predicted molar refractivity (Wildman–Crippen MR) is 118 cm³/mol. The standard InChI is InChI=1S/C23H24N4O3S/c1-17-24-16-20(23(28)26-18-10-4-2-5-11-18)22(25-17)21-14-8-9-15-27(21)31(29,30)19-12-6-3-7-13-19/h2-7,10-13,16,21H,8-9,14-15H2,1H3,(H,26,28). The molecule has 2 aromatic carbocycles. The topological polar surface area (TPSA) is 92.3 Å². The van der Waals surface area contributed by atoms with Crippen molar-refractivity contribution in [3.63, 3.8) is 0 Å². The second-order valence-corrected chi connectivity index (χ2v) is 9.37. The predicted octanol–water partition coefficient (Wildman–Crippen LogP) is 3.95. The van der Waals surface area contributed by atoms with Gasteiger partial charge in [-0.25, -0.2) is 18.4 Å². The van der Waals surface area contributed by atoms with E-state index in [-0.39, 0.29) is 16.4 Å². The number of anilines is 1. The maximum Gasteiger partial charge on any atom is 0.259 e. The summed E-state index contributed by atoms with van der Waals surface area (Å²) in [5.41, 5.74) is 1.38. The van der Waals surface area contributed by atoms with Gasteiger partial charge in [-0.3, -0.25) is 4.79 Å². The molecular formula is C23H24N4O3S. The molecule has 1 atom stereocenters. The molecule has 1 aliphatic rings. The number of nitrogens with zero attached hydrogens (tertiary/aromatic N) is 3. The fraction of sp³-hybridized carbons (Fsp3) is 0.261. The second kappa shape index (κ2) is 8.95. The molecule has 4 rings (SSSR count). The fourth-order valence-corrected chi connectivity index (χ4v) is 5.51. The minimum Gasteiger partial charge on any atom is -0.322 e. The van der Waals surface area contributed by atoms with Crippen LogP contribution in [0.3, 0.4) is 0 Å². The number of carbonyl (C=O) groups is 1. The van der Waals surface area contributed by atoms with Gasteiger partial charge in [-0.15, -0.1) is 0 Å². The smallest absolute Gasteiger partial charge is 0.259 e. The second-order valence-electron chi connectivity index (χ2n) is 7.48. The highest BCUT2D eigenvalue weighted by molar-refractivity contribution is 7.89. The summed E-state index contributed by atoms with van der Waals surface area (Å²) in [4.78, 5) is 22.0. The molecule has 2 heterocycles. The molecule has 1 fully saturated rings. The van der Waals surface area contributed by atoms with Gasteiger partial charge in [-0.2, -0.15) is 4.31 Å². The molecule has 1 amide bonds. The number of para-hydroxylation sites is 1. The number of hydrogen-bond acceptors (Lipinski definition) is 5. The molecule has 8 heteroatoms. The van der Waals surface area contributed by atoms with E-state index in [4.69, 9.17) is 0 Å². The number of aromatic nitrogens is 2. The molecule has 1 aromatic heterocycles. The summed E-state index contributed by atoms with van der Waals surface area (Å²) in [6.07, 6.45) is 3.69. The molecule has 1 unspecified atom stereocenters. The quantitative estimate of drug-likeness (QED) is 0.654. The summed E-state index contributed by atoms with van der Waals surface area (Å²) in [5, 5.41) is 2.86. The van der Waals surface area contributed by atoms with Crippen LogP contribution in [-0.2, 0) is 10.0 Å². The number of rotatable bonds is 5. The number of piperidine rings is 1. The van der Waals surface area contributed by atoms with Gasteiger partial charge in [-0.05, 0) is 44.0 Å². The lowest BCUT2D eigenvalue weighted by Gasteiger charge is -2.35. The lowest BCUT2D eigenvalue weighted by molar-refractivity contribution is 0.102. The summed E-state index contributed by atoms with van der Waals surface area (Å²) in [6.45, 7) is 2.12. The van der Waals surface area contributed by atoms with E-state index in [0.717, 1.165) is 12.8 Å². The van der Waals surface area contributed by atoms with Gasteiger partial charge in [0.15, 0.2) is 0 Å². The molecule has 0 spiro atoms. The van der Waals surface area contributed by atoms with Crippen LogP contribution < -0.4 is 5.32 Å². The van der Waals surface area contributed by atoms with Crippen LogP contribution in [0.15, 0.2) is 71.8 Å². The third-order valence-electron chi connectivity index (χ3n) is 5.33. The Bertz CT molecular complexity index is 1170. The Morgan fingerprint density at radius 2 is 1.71 bits per heavy atom. The van der Waals surface area contributed by atoms with E-state index < -0.39 is 16.1 Å². The van der Waals surface area contributed by atoms with Gasteiger partial charge in [0.1, 0.15) is 5.82 Å². The molecule has 1 saturated heterocycles. The summed E-state index contributed by atoms with van der Waals surface area (Å²) < 4.78 is 28.3. The monoisotopic (exact) mass is 436 g/mol. The molecule has 0 saturated carbocycles. The molecule has 1 N–H and O–H groups in total. The van der Waals surface area contributed by atoms with E-state index in [0.29, 0.717) is 30.2 Å². The van der Waals surface area contributed by atoms with Crippen molar-refractivity contribution >= 4 is 21.6 Å². The molecular weight excluding hydrogens is 412 g/mol. The normalized spacial score (nSPS) is 17.3. The first-order chi connectivity index (χ1) is 15.0. The molecule has 1 aliphatic heterocycles. The molecule has 7 nitrogen and oxygen atoms in total. The average Bonchev–Trinajstić information content (AvgIpc) is 2.80. The molecule has 31 heavy (non-hydrogen) atoms. The van der Waals surface area contributed by atoms with Crippen molar-refractivity contribution in [2.45, 2.75) is 37.1 Å². The van der Waals surface area contributed by atoms with Crippen LogP contribution in [0.25, 0.3) is 0 Å². The van der Waals surface area contributed by atoms with Gasteiger partial charge in [-0.1, -0.05) is 42.8 Å². The largest absolute Gasteiger partial charge is 0.322 e. The van der Waals surface area contributed by atoms with Crippen molar-refractivity contribution in [1.29, 1.82) is 0 Å². The van der Waals surface area contributed by atoms with Crippen LogP contribution in [0.5, 0.6) is 0 Å². The van der Waals surface area contributed by atoms with Gasteiger partial charge in [0, 0.05) is 18.4 Å². The van der Waals surface area contributed by atoms with Gasteiger partial charge >= 0.3 is 0 Å². The maximum atomic E-state index is 13.4. The molecule has 160 valence electrons. The first-order valence-corrected chi connectivity index (χ1v) is 11.7. The Hall–Kier alpha value is -3.10. The van der Waals surface area contributed by atoms with E-state index in [1.165, 1.54) is 10.5 Å². The zero-order chi connectivity index (χ0) is 21.8. The van der Waals surface area contributed by atoms with Gasteiger partial charge < -0.3 is 5.32 Å². The van der Waals surface area contributed by atoms with Crippen molar-refractivity contribution in [3.05, 3.63) is 83.9 Å². The summed E-state index contributed by atoms with van der Waals surface area (Å²) in [7, 11) is -3.73. The highest BCUT2D eigenvalue weighted by Gasteiger charge is 2.37. The number of amides is 1. The van der Waals surface area contributed by atoms with E-state index >= 15 is 0 Å². The van der Waals surface area contributed by atoms with E-state index in [2.05, 4.69) is 15.3 Å². The number of sulfonamides is 1. The minimum atomic E-state index is -3.73. The number of hydrogen-bond donors (Lipinski definition) is 1. The van der Waals surface area contributed by atoms with Crippen molar-refractivity contribution in [2.75, 3.05) is 11.9 Å². The first-order valence-electron chi connectivity index (χ1n) is 10.2. The van der Waals surface area contributed by atoms with Gasteiger partial charge in [0.2, 0.25) is 10.0 Å². The summed E-state index contributed by atoms with van der Waals surface area (Å²) in [5.74, 6) is 0.137. The van der Waals surface area contributed by atoms with E-state index in [9.17, 15) is 13.2 Å². The average molecular weight is 437 g/mol. The van der Waals surface area contributed by atoms with Crippen LogP contribution in [0.4, 0.5) is 5.69 Å². The van der Waals surface area contributed by atoms with Crippen molar-refractivity contribution in [1.82, 2.24) is 14.3 Å². The zero-order valence-electron chi connectivity index (χ0n) is 17.2. The Morgan fingerprint density at radius 3 is 2.42 bits per heavy atom. The summed E-state index contributed by atoms with van der Waals surface area (Å²) in [6, 6.07) is 17.0. The Morgan fingerprint density at radius 1 is 1.03 bits per heavy atom. The van der Waals surface area contributed by atoms with Crippen molar-refractivity contribution in [3.8, 4) is 0 Å². The Balaban J connectivity index is 1.73. The Kier molecular flexibility index (Phi) is 6.11. The van der Waals surface area contributed by atoms with Gasteiger partial charge in [0.05, 0.1) is 22.2 Å². The fourth-order valence-electron chi connectivity index (χ4n) is 3.83. The number of benzene rings is 2. The molecule has 3 aromatic rings.